The van der Waals surface area contributed by atoms with Crippen molar-refractivity contribution in [2.24, 2.45) is 0 Å². The third-order valence-electron chi connectivity index (χ3n) is 3.36. The molecule has 1 rings (SSSR count). The largest absolute Gasteiger partial charge is 0.336 e. The molecular weight excluding hydrogens is 198 g/mol. The van der Waals surface area contributed by atoms with Crippen LogP contribution in [0, 0.1) is 0 Å². The first-order valence-corrected chi connectivity index (χ1v) is 6.67. The van der Waals surface area contributed by atoms with Crippen LogP contribution in [0.4, 0.5) is 0 Å². The van der Waals surface area contributed by atoms with E-state index in [1.165, 1.54) is 5.57 Å². The van der Waals surface area contributed by atoms with E-state index in [9.17, 15) is 4.79 Å². The number of unbranched alkanes of at least 4 members (excludes halogenated alkanes) is 1. The molecular formula is C14H25NO. The zero-order valence-corrected chi connectivity index (χ0v) is 10.8. The standard InChI is InChI=1S/C14H25NO/c1-4-6-10-14(16)15-11-7-9-13(15)12(3)8-5-2/h13H,3-11H2,1-2H3. The summed E-state index contributed by atoms with van der Waals surface area (Å²) < 4.78 is 0. The Kier molecular flexibility index (Phi) is 5.58. The molecule has 0 N–H and O–H groups in total. The van der Waals surface area contributed by atoms with Gasteiger partial charge in [-0.3, -0.25) is 4.79 Å². The van der Waals surface area contributed by atoms with Crippen LogP contribution in [0.25, 0.3) is 0 Å². The molecule has 2 nitrogen and oxygen atoms in total. The summed E-state index contributed by atoms with van der Waals surface area (Å²) in [7, 11) is 0. The lowest BCUT2D eigenvalue weighted by molar-refractivity contribution is -0.131. The van der Waals surface area contributed by atoms with E-state index < -0.39 is 0 Å². The highest BCUT2D eigenvalue weighted by atomic mass is 16.2. The summed E-state index contributed by atoms with van der Waals surface area (Å²) in [5.41, 5.74) is 1.25. The summed E-state index contributed by atoms with van der Waals surface area (Å²) >= 11 is 0. The van der Waals surface area contributed by atoms with Crippen molar-refractivity contribution in [3.05, 3.63) is 12.2 Å². The molecule has 92 valence electrons. The van der Waals surface area contributed by atoms with Gasteiger partial charge in [-0.15, -0.1) is 0 Å². The molecule has 0 aromatic heterocycles. The van der Waals surface area contributed by atoms with Gasteiger partial charge in [0.25, 0.3) is 0 Å². The smallest absolute Gasteiger partial charge is 0.223 e. The zero-order chi connectivity index (χ0) is 12.0. The Morgan fingerprint density at radius 3 is 2.69 bits per heavy atom. The number of carbonyl (C=O) groups is 1. The highest BCUT2D eigenvalue weighted by molar-refractivity contribution is 5.77. The predicted molar refractivity (Wildman–Crippen MR) is 68.3 cm³/mol. The molecule has 1 saturated heterocycles. The second-order valence-corrected chi connectivity index (χ2v) is 4.76. The van der Waals surface area contributed by atoms with Crippen molar-refractivity contribution in [1.29, 1.82) is 0 Å². The third kappa shape index (κ3) is 3.36. The molecule has 1 aliphatic rings. The summed E-state index contributed by atoms with van der Waals surface area (Å²) in [5, 5.41) is 0. The lowest BCUT2D eigenvalue weighted by Crippen LogP contribution is -2.36. The maximum Gasteiger partial charge on any atom is 0.223 e. The van der Waals surface area contributed by atoms with Gasteiger partial charge in [0.15, 0.2) is 0 Å². The van der Waals surface area contributed by atoms with Gasteiger partial charge in [0.2, 0.25) is 5.91 Å². The molecule has 0 bridgehead atoms. The van der Waals surface area contributed by atoms with E-state index in [-0.39, 0.29) is 0 Å². The summed E-state index contributed by atoms with van der Waals surface area (Å²) in [4.78, 5) is 14.1. The molecule has 1 amide bonds. The maximum absolute atomic E-state index is 12.0. The Labute approximate surface area is 99.7 Å². The number of nitrogens with zero attached hydrogens (tertiary/aromatic N) is 1. The molecule has 1 atom stereocenters. The van der Waals surface area contributed by atoms with Gasteiger partial charge in [-0.05, 0) is 25.7 Å². The van der Waals surface area contributed by atoms with E-state index in [2.05, 4.69) is 25.3 Å². The van der Waals surface area contributed by atoms with Crippen molar-refractivity contribution in [2.75, 3.05) is 6.54 Å². The van der Waals surface area contributed by atoms with E-state index in [0.717, 1.165) is 45.1 Å². The fourth-order valence-electron chi connectivity index (χ4n) is 2.45. The fourth-order valence-corrected chi connectivity index (χ4v) is 2.45. The molecule has 0 spiro atoms. The first-order chi connectivity index (χ1) is 7.70. The van der Waals surface area contributed by atoms with E-state index >= 15 is 0 Å². The maximum atomic E-state index is 12.0. The number of amides is 1. The second kappa shape index (κ2) is 6.72. The van der Waals surface area contributed by atoms with Crippen LogP contribution in [0.3, 0.4) is 0 Å². The first-order valence-electron chi connectivity index (χ1n) is 6.67. The van der Waals surface area contributed by atoms with Crippen molar-refractivity contribution in [3.8, 4) is 0 Å². The van der Waals surface area contributed by atoms with Crippen LogP contribution < -0.4 is 0 Å². The second-order valence-electron chi connectivity index (χ2n) is 4.76. The molecule has 0 saturated carbocycles. The molecule has 1 unspecified atom stereocenters. The van der Waals surface area contributed by atoms with Gasteiger partial charge in [-0.25, -0.2) is 0 Å². The van der Waals surface area contributed by atoms with Crippen molar-refractivity contribution in [1.82, 2.24) is 4.90 Å². The Bertz CT molecular complexity index is 247. The van der Waals surface area contributed by atoms with E-state index in [1.807, 2.05) is 0 Å². The number of likely N-dealkylation sites (tertiary alicyclic amines) is 1. The molecule has 1 heterocycles. The van der Waals surface area contributed by atoms with Crippen LogP contribution in [-0.4, -0.2) is 23.4 Å². The van der Waals surface area contributed by atoms with Crippen molar-refractivity contribution < 1.29 is 4.79 Å². The van der Waals surface area contributed by atoms with Gasteiger partial charge in [0.1, 0.15) is 0 Å². The Hall–Kier alpha value is -0.790. The van der Waals surface area contributed by atoms with E-state index in [1.54, 1.807) is 0 Å². The third-order valence-corrected chi connectivity index (χ3v) is 3.36. The highest BCUT2D eigenvalue weighted by Gasteiger charge is 2.29. The molecule has 1 aliphatic heterocycles. The predicted octanol–water partition coefficient (Wildman–Crippen LogP) is 3.52. The molecule has 16 heavy (non-hydrogen) atoms. The molecule has 0 radical (unpaired) electrons. The van der Waals surface area contributed by atoms with Crippen LogP contribution in [0.15, 0.2) is 12.2 Å². The minimum atomic E-state index is 0.335. The number of hydrogen-bond acceptors (Lipinski definition) is 1. The number of carbonyl (C=O) groups excluding carboxylic acids is 1. The quantitative estimate of drug-likeness (QED) is 0.631. The summed E-state index contributed by atoms with van der Waals surface area (Å²) in [5.74, 6) is 0.335. The lowest BCUT2D eigenvalue weighted by atomic mass is 10.0. The van der Waals surface area contributed by atoms with Crippen LogP contribution in [0.1, 0.15) is 58.8 Å². The average molecular weight is 223 g/mol. The molecule has 0 aromatic carbocycles. The minimum absolute atomic E-state index is 0.335. The molecule has 0 aromatic rings. The van der Waals surface area contributed by atoms with Gasteiger partial charge in [-0.2, -0.15) is 0 Å². The van der Waals surface area contributed by atoms with Crippen LogP contribution in [-0.2, 0) is 4.79 Å². The van der Waals surface area contributed by atoms with Crippen molar-refractivity contribution >= 4 is 5.91 Å². The number of rotatable bonds is 6. The monoisotopic (exact) mass is 223 g/mol. The van der Waals surface area contributed by atoms with Crippen molar-refractivity contribution in [2.45, 2.75) is 64.8 Å². The van der Waals surface area contributed by atoms with E-state index in [0.29, 0.717) is 18.4 Å². The van der Waals surface area contributed by atoms with Gasteiger partial charge >= 0.3 is 0 Å². The van der Waals surface area contributed by atoms with Crippen LogP contribution >= 0.6 is 0 Å². The van der Waals surface area contributed by atoms with E-state index in [4.69, 9.17) is 0 Å². The Balaban J connectivity index is 2.51. The molecule has 2 heteroatoms. The zero-order valence-electron chi connectivity index (χ0n) is 10.8. The van der Waals surface area contributed by atoms with Crippen molar-refractivity contribution in [3.63, 3.8) is 0 Å². The summed E-state index contributed by atoms with van der Waals surface area (Å²) in [6.45, 7) is 9.39. The van der Waals surface area contributed by atoms with Crippen LogP contribution in [0.2, 0.25) is 0 Å². The van der Waals surface area contributed by atoms with Crippen LogP contribution in [0.5, 0.6) is 0 Å². The first kappa shape index (κ1) is 13.3. The SMILES string of the molecule is C=C(CCC)C1CCCN1C(=O)CCCC. The number of hydrogen-bond donors (Lipinski definition) is 0. The fraction of sp³-hybridized carbons (Fsp3) is 0.786. The van der Waals surface area contributed by atoms with Gasteiger partial charge < -0.3 is 4.90 Å². The topological polar surface area (TPSA) is 20.3 Å². The van der Waals surface area contributed by atoms with Gasteiger partial charge in [0.05, 0.1) is 6.04 Å². The molecule has 0 aliphatic carbocycles. The normalized spacial score (nSPS) is 20.1. The average Bonchev–Trinajstić information content (AvgIpc) is 2.75. The van der Waals surface area contributed by atoms with Gasteiger partial charge in [-0.1, -0.05) is 38.8 Å². The summed E-state index contributed by atoms with van der Waals surface area (Å²) in [6.07, 6.45) is 7.28. The Morgan fingerprint density at radius 2 is 2.06 bits per heavy atom. The highest BCUT2D eigenvalue weighted by Crippen LogP contribution is 2.26. The molecule has 1 fully saturated rings. The van der Waals surface area contributed by atoms with Gasteiger partial charge in [0, 0.05) is 13.0 Å². The summed E-state index contributed by atoms with van der Waals surface area (Å²) in [6, 6.07) is 0.337. The minimum Gasteiger partial charge on any atom is -0.336 e. The lowest BCUT2D eigenvalue weighted by Gasteiger charge is -2.26. The Morgan fingerprint density at radius 1 is 1.31 bits per heavy atom.